The molecule has 0 aromatic rings. The van der Waals surface area contributed by atoms with Crippen LogP contribution in [0, 0.1) is 17.8 Å². The van der Waals surface area contributed by atoms with E-state index in [9.17, 15) is 4.79 Å². The zero-order valence-corrected chi connectivity index (χ0v) is 12.1. The molecule has 1 aliphatic rings. The monoisotopic (exact) mass is 256 g/mol. The molecule has 0 radical (unpaired) electrons. The molecule has 3 N–H and O–H groups in total. The quantitative estimate of drug-likeness (QED) is 0.784. The van der Waals surface area contributed by atoms with Crippen LogP contribution in [-0.4, -0.2) is 31.2 Å². The largest absolute Gasteiger partial charge is 0.377 e. The lowest BCUT2D eigenvalue weighted by molar-refractivity contribution is -0.128. The predicted octanol–water partition coefficient (Wildman–Crippen LogP) is 1.54. The molecule has 0 saturated heterocycles. The Morgan fingerprint density at radius 1 is 1.39 bits per heavy atom. The molecule has 106 valence electrons. The van der Waals surface area contributed by atoms with Crippen LogP contribution < -0.4 is 11.1 Å². The highest BCUT2D eigenvalue weighted by Crippen LogP contribution is 2.32. The van der Waals surface area contributed by atoms with Gasteiger partial charge in [-0.15, -0.1) is 0 Å². The van der Waals surface area contributed by atoms with Gasteiger partial charge in [-0.1, -0.05) is 13.8 Å². The van der Waals surface area contributed by atoms with Gasteiger partial charge in [-0.05, 0) is 38.5 Å². The molecule has 0 heterocycles. The lowest BCUT2D eigenvalue weighted by atomic mass is 9.72. The molecule has 1 rings (SSSR count). The fourth-order valence-corrected chi connectivity index (χ4v) is 2.77. The molecule has 0 aliphatic heterocycles. The lowest BCUT2D eigenvalue weighted by Gasteiger charge is -2.36. The molecule has 4 nitrogen and oxygen atoms in total. The summed E-state index contributed by atoms with van der Waals surface area (Å²) in [5.74, 6) is 1.13. The van der Waals surface area contributed by atoms with Gasteiger partial charge in [-0.3, -0.25) is 4.79 Å². The molecule has 0 aromatic carbocycles. The third-order valence-electron chi connectivity index (χ3n) is 4.04. The van der Waals surface area contributed by atoms with Crippen LogP contribution in [0.5, 0.6) is 0 Å². The van der Waals surface area contributed by atoms with Gasteiger partial charge in [-0.2, -0.15) is 0 Å². The third kappa shape index (κ3) is 4.25. The van der Waals surface area contributed by atoms with Gasteiger partial charge in [0.1, 0.15) is 0 Å². The molecule has 5 unspecified atom stereocenters. The lowest BCUT2D eigenvalue weighted by Crippen LogP contribution is -2.46. The van der Waals surface area contributed by atoms with Crippen molar-refractivity contribution in [2.24, 2.45) is 23.5 Å². The standard InChI is InChI=1S/C14H28N2O2/c1-5-18-11(4)8-16-14(17)12-7-13(15)10(3)6-9(12)2/h9-13H,5-8,15H2,1-4H3,(H,16,17). The van der Waals surface area contributed by atoms with Gasteiger partial charge >= 0.3 is 0 Å². The highest BCUT2D eigenvalue weighted by molar-refractivity contribution is 5.79. The zero-order valence-electron chi connectivity index (χ0n) is 12.1. The van der Waals surface area contributed by atoms with Gasteiger partial charge in [0, 0.05) is 25.1 Å². The van der Waals surface area contributed by atoms with Crippen molar-refractivity contribution in [1.29, 1.82) is 0 Å². The Morgan fingerprint density at radius 2 is 2.06 bits per heavy atom. The summed E-state index contributed by atoms with van der Waals surface area (Å²) in [6, 6.07) is 0.154. The number of nitrogens with two attached hydrogens (primary N) is 1. The minimum Gasteiger partial charge on any atom is -0.377 e. The van der Waals surface area contributed by atoms with E-state index >= 15 is 0 Å². The average molecular weight is 256 g/mol. The highest BCUT2D eigenvalue weighted by atomic mass is 16.5. The summed E-state index contributed by atoms with van der Waals surface area (Å²) in [7, 11) is 0. The minimum absolute atomic E-state index is 0.0602. The topological polar surface area (TPSA) is 64.3 Å². The Bertz CT molecular complexity index is 271. The summed E-state index contributed by atoms with van der Waals surface area (Å²) in [6.45, 7) is 9.52. The Labute approximate surface area is 111 Å². The summed E-state index contributed by atoms with van der Waals surface area (Å²) in [4.78, 5) is 12.1. The number of hydrogen-bond donors (Lipinski definition) is 2. The first-order chi connectivity index (χ1) is 8.45. The van der Waals surface area contributed by atoms with Gasteiger partial charge in [-0.25, -0.2) is 0 Å². The second-order valence-electron chi connectivity index (χ2n) is 5.71. The predicted molar refractivity (Wildman–Crippen MR) is 73.1 cm³/mol. The van der Waals surface area contributed by atoms with E-state index in [2.05, 4.69) is 19.2 Å². The summed E-state index contributed by atoms with van der Waals surface area (Å²) >= 11 is 0. The van der Waals surface area contributed by atoms with Crippen molar-refractivity contribution in [2.75, 3.05) is 13.2 Å². The SMILES string of the molecule is CCOC(C)CNC(=O)C1CC(N)C(C)CC1C. The Kier molecular flexibility index (Phi) is 6.09. The smallest absolute Gasteiger partial charge is 0.223 e. The van der Waals surface area contributed by atoms with Crippen molar-refractivity contribution in [3.05, 3.63) is 0 Å². The second-order valence-corrected chi connectivity index (χ2v) is 5.71. The van der Waals surface area contributed by atoms with E-state index in [4.69, 9.17) is 10.5 Å². The summed E-state index contributed by atoms with van der Waals surface area (Å²) in [5.41, 5.74) is 6.07. The number of carbonyl (C=O) groups is 1. The fraction of sp³-hybridized carbons (Fsp3) is 0.929. The molecular formula is C14H28N2O2. The van der Waals surface area contributed by atoms with E-state index in [0.717, 1.165) is 12.8 Å². The fourth-order valence-electron chi connectivity index (χ4n) is 2.77. The minimum atomic E-state index is 0.0602. The summed E-state index contributed by atoms with van der Waals surface area (Å²) in [6.07, 6.45) is 1.92. The molecule has 1 saturated carbocycles. The van der Waals surface area contributed by atoms with E-state index in [-0.39, 0.29) is 24.0 Å². The average Bonchev–Trinajstić information content (AvgIpc) is 2.31. The van der Waals surface area contributed by atoms with Crippen molar-refractivity contribution in [2.45, 2.75) is 52.7 Å². The molecule has 1 fully saturated rings. The van der Waals surface area contributed by atoms with Gasteiger partial charge in [0.25, 0.3) is 0 Å². The van der Waals surface area contributed by atoms with Crippen molar-refractivity contribution in [1.82, 2.24) is 5.32 Å². The van der Waals surface area contributed by atoms with Gasteiger partial charge in [0.15, 0.2) is 0 Å². The zero-order chi connectivity index (χ0) is 13.7. The van der Waals surface area contributed by atoms with E-state index in [1.807, 2.05) is 13.8 Å². The van der Waals surface area contributed by atoms with Crippen LogP contribution in [0.2, 0.25) is 0 Å². The maximum atomic E-state index is 12.1. The van der Waals surface area contributed by atoms with Gasteiger partial charge < -0.3 is 15.8 Å². The van der Waals surface area contributed by atoms with E-state index in [0.29, 0.717) is 25.0 Å². The van der Waals surface area contributed by atoms with Crippen molar-refractivity contribution < 1.29 is 9.53 Å². The molecule has 18 heavy (non-hydrogen) atoms. The number of hydrogen-bond acceptors (Lipinski definition) is 3. The molecule has 1 aliphatic carbocycles. The molecule has 0 spiro atoms. The number of carbonyl (C=O) groups excluding carboxylic acids is 1. The Balaban J connectivity index is 2.41. The number of rotatable bonds is 5. The Morgan fingerprint density at radius 3 is 2.67 bits per heavy atom. The summed E-state index contributed by atoms with van der Waals surface area (Å²) in [5, 5.41) is 2.98. The maximum Gasteiger partial charge on any atom is 0.223 e. The Hall–Kier alpha value is -0.610. The van der Waals surface area contributed by atoms with Crippen LogP contribution in [0.4, 0.5) is 0 Å². The molecule has 5 atom stereocenters. The maximum absolute atomic E-state index is 12.1. The molecule has 0 aromatic heterocycles. The van der Waals surface area contributed by atoms with Crippen molar-refractivity contribution in [3.63, 3.8) is 0 Å². The third-order valence-corrected chi connectivity index (χ3v) is 4.04. The second kappa shape index (κ2) is 7.10. The van der Waals surface area contributed by atoms with E-state index < -0.39 is 0 Å². The van der Waals surface area contributed by atoms with Crippen molar-refractivity contribution >= 4 is 5.91 Å². The molecule has 0 bridgehead atoms. The summed E-state index contributed by atoms with van der Waals surface area (Å²) < 4.78 is 5.41. The van der Waals surface area contributed by atoms with E-state index in [1.165, 1.54) is 0 Å². The van der Waals surface area contributed by atoms with E-state index in [1.54, 1.807) is 0 Å². The van der Waals surface area contributed by atoms with Crippen LogP contribution in [-0.2, 0) is 9.53 Å². The van der Waals surface area contributed by atoms with Gasteiger partial charge in [0.2, 0.25) is 5.91 Å². The number of ether oxygens (including phenoxy) is 1. The van der Waals surface area contributed by atoms with Gasteiger partial charge in [0.05, 0.1) is 6.10 Å². The van der Waals surface area contributed by atoms with Crippen LogP contribution in [0.3, 0.4) is 0 Å². The van der Waals surface area contributed by atoms with Crippen LogP contribution in [0.25, 0.3) is 0 Å². The van der Waals surface area contributed by atoms with Crippen LogP contribution in [0.1, 0.15) is 40.5 Å². The number of nitrogens with one attached hydrogen (secondary N) is 1. The first-order valence-electron chi connectivity index (χ1n) is 7.10. The highest BCUT2D eigenvalue weighted by Gasteiger charge is 2.34. The molecular weight excluding hydrogens is 228 g/mol. The first kappa shape index (κ1) is 15.4. The van der Waals surface area contributed by atoms with Crippen LogP contribution >= 0.6 is 0 Å². The molecule has 4 heteroatoms. The van der Waals surface area contributed by atoms with Crippen molar-refractivity contribution in [3.8, 4) is 0 Å². The van der Waals surface area contributed by atoms with Crippen LogP contribution in [0.15, 0.2) is 0 Å². The first-order valence-corrected chi connectivity index (χ1v) is 7.10. The molecule has 1 amide bonds. The number of amides is 1. The normalized spacial score (nSPS) is 34.1.